The lowest BCUT2D eigenvalue weighted by Gasteiger charge is -2.43. The van der Waals surface area contributed by atoms with Crippen LogP contribution in [0.4, 0.5) is 36.4 Å². The van der Waals surface area contributed by atoms with Crippen molar-refractivity contribution in [1.82, 2.24) is 0 Å². The molecule has 1 aromatic carbocycles. The minimum Gasteiger partial charge on any atom is -0.303 e. The fourth-order valence-corrected chi connectivity index (χ4v) is 3.46. The van der Waals surface area contributed by atoms with Gasteiger partial charge in [-0.05, 0) is 11.8 Å². The SMILES string of the molecule is CCC(=O)CC1CC(C)(C)CC(=O)N1c1c(F)c(F)c(C(F)(F)F)c(F)c1F. The van der Waals surface area contributed by atoms with Crippen molar-refractivity contribution in [3.63, 3.8) is 0 Å². The summed E-state index contributed by atoms with van der Waals surface area (Å²) in [6, 6.07) is -1.15. The van der Waals surface area contributed by atoms with Crippen LogP contribution < -0.4 is 4.90 Å². The number of anilines is 1. The Kier molecular flexibility index (Phi) is 5.83. The quantitative estimate of drug-likeness (QED) is 0.506. The fraction of sp³-hybridized carbons (Fsp3) is 0.556. The van der Waals surface area contributed by atoms with Gasteiger partial charge in [-0.2, -0.15) is 13.2 Å². The molecule has 0 saturated carbocycles. The normalized spacial score (nSPS) is 19.9. The van der Waals surface area contributed by atoms with E-state index in [2.05, 4.69) is 0 Å². The minimum absolute atomic E-state index is 0.0413. The lowest BCUT2D eigenvalue weighted by atomic mass is 9.76. The van der Waals surface area contributed by atoms with E-state index in [1.165, 1.54) is 6.92 Å². The van der Waals surface area contributed by atoms with Crippen LogP contribution in [0.5, 0.6) is 0 Å². The van der Waals surface area contributed by atoms with E-state index in [1.807, 2.05) is 0 Å². The average Bonchev–Trinajstić information content (AvgIpc) is 2.53. The largest absolute Gasteiger partial charge is 0.422 e. The molecule has 0 bridgehead atoms. The number of halogens is 7. The molecule has 0 N–H and O–H groups in total. The van der Waals surface area contributed by atoms with Gasteiger partial charge in [0.15, 0.2) is 23.3 Å². The molecule has 1 fully saturated rings. The summed E-state index contributed by atoms with van der Waals surface area (Å²) < 4.78 is 95.1. The van der Waals surface area contributed by atoms with Gasteiger partial charge in [0.05, 0.1) is 0 Å². The molecule has 0 spiro atoms. The smallest absolute Gasteiger partial charge is 0.303 e. The van der Waals surface area contributed by atoms with Crippen LogP contribution in [0, 0.1) is 28.7 Å². The summed E-state index contributed by atoms with van der Waals surface area (Å²) in [6.45, 7) is 4.83. The Hall–Kier alpha value is -2.13. The highest BCUT2D eigenvalue weighted by Crippen LogP contribution is 2.44. The van der Waals surface area contributed by atoms with Gasteiger partial charge in [0.25, 0.3) is 0 Å². The van der Waals surface area contributed by atoms with Crippen molar-refractivity contribution in [2.24, 2.45) is 5.41 Å². The number of carbonyl (C=O) groups excluding carboxylic acids is 2. The van der Waals surface area contributed by atoms with Gasteiger partial charge >= 0.3 is 6.18 Å². The van der Waals surface area contributed by atoms with Crippen LogP contribution >= 0.6 is 0 Å². The standard InChI is InChI=1S/C18H18F7NO2/c1-4-9(27)5-8-6-17(2,3)7-10(28)26(8)16-14(21)12(19)11(18(23,24)25)13(20)15(16)22/h8H,4-7H2,1-3H3. The average molecular weight is 413 g/mol. The van der Waals surface area contributed by atoms with Gasteiger partial charge in [0.1, 0.15) is 17.0 Å². The molecule has 10 heteroatoms. The van der Waals surface area contributed by atoms with Crippen molar-refractivity contribution in [2.45, 2.75) is 58.7 Å². The van der Waals surface area contributed by atoms with Crippen LogP contribution in [0.1, 0.15) is 52.0 Å². The number of piperidine rings is 1. The number of hydrogen-bond donors (Lipinski definition) is 0. The summed E-state index contributed by atoms with van der Waals surface area (Å²) in [7, 11) is 0. The van der Waals surface area contributed by atoms with Crippen molar-refractivity contribution in [3.8, 4) is 0 Å². The highest BCUT2D eigenvalue weighted by atomic mass is 19.4. The first kappa shape index (κ1) is 22.2. The predicted molar refractivity (Wildman–Crippen MR) is 85.5 cm³/mol. The van der Waals surface area contributed by atoms with Crippen LogP contribution in [-0.4, -0.2) is 17.7 Å². The number of nitrogens with zero attached hydrogens (tertiary/aromatic N) is 1. The molecule has 1 amide bonds. The molecule has 28 heavy (non-hydrogen) atoms. The molecule has 3 nitrogen and oxygen atoms in total. The first-order valence-corrected chi connectivity index (χ1v) is 8.48. The van der Waals surface area contributed by atoms with Gasteiger partial charge in [-0.1, -0.05) is 20.8 Å². The number of carbonyl (C=O) groups is 2. The zero-order valence-corrected chi connectivity index (χ0v) is 15.3. The van der Waals surface area contributed by atoms with E-state index >= 15 is 0 Å². The maximum Gasteiger partial charge on any atom is 0.422 e. The highest BCUT2D eigenvalue weighted by molar-refractivity contribution is 5.96. The Bertz CT molecular complexity index is 788. The van der Waals surface area contributed by atoms with Gasteiger partial charge in [-0.25, -0.2) is 17.6 Å². The molecule has 1 aliphatic heterocycles. The van der Waals surface area contributed by atoms with Crippen LogP contribution in [0.25, 0.3) is 0 Å². The van der Waals surface area contributed by atoms with Gasteiger partial charge in [-0.15, -0.1) is 0 Å². The molecule has 0 radical (unpaired) electrons. The van der Waals surface area contributed by atoms with Crippen LogP contribution in [0.2, 0.25) is 0 Å². The lowest BCUT2D eigenvalue weighted by molar-refractivity contribution is -0.143. The Morgan fingerprint density at radius 3 is 2.00 bits per heavy atom. The zero-order chi connectivity index (χ0) is 21.6. The maximum absolute atomic E-state index is 14.4. The van der Waals surface area contributed by atoms with E-state index in [0.29, 0.717) is 4.90 Å². The van der Waals surface area contributed by atoms with Crippen molar-refractivity contribution in [1.29, 1.82) is 0 Å². The number of ketones is 1. The summed E-state index contributed by atoms with van der Waals surface area (Å²) in [5.41, 5.74) is -4.93. The molecule has 1 aliphatic rings. The molecular weight excluding hydrogens is 395 g/mol. The number of rotatable bonds is 4. The summed E-state index contributed by atoms with van der Waals surface area (Å²) in [6.07, 6.45) is -6.20. The van der Waals surface area contributed by atoms with Gasteiger partial charge < -0.3 is 4.90 Å². The molecule has 0 aliphatic carbocycles. The second-order valence-corrected chi connectivity index (χ2v) is 7.54. The summed E-state index contributed by atoms with van der Waals surface area (Å²) in [5.74, 6) is -11.3. The van der Waals surface area contributed by atoms with Gasteiger partial charge in [0, 0.05) is 25.3 Å². The first-order chi connectivity index (χ1) is 12.7. The fourth-order valence-electron chi connectivity index (χ4n) is 3.46. The minimum atomic E-state index is -5.68. The molecule has 2 rings (SSSR count). The van der Waals surface area contributed by atoms with Crippen molar-refractivity contribution in [3.05, 3.63) is 28.8 Å². The van der Waals surface area contributed by atoms with Gasteiger partial charge in [-0.3, -0.25) is 9.59 Å². The summed E-state index contributed by atoms with van der Waals surface area (Å²) >= 11 is 0. The number of amides is 1. The van der Waals surface area contributed by atoms with E-state index in [1.54, 1.807) is 13.8 Å². The van der Waals surface area contributed by atoms with E-state index in [-0.39, 0.29) is 31.5 Å². The van der Waals surface area contributed by atoms with E-state index in [0.717, 1.165) is 0 Å². The monoisotopic (exact) mass is 413 g/mol. The molecule has 1 saturated heterocycles. The Labute approximate surface area is 156 Å². The molecule has 1 aromatic rings. The molecule has 1 unspecified atom stereocenters. The van der Waals surface area contributed by atoms with Crippen LogP contribution in [0.3, 0.4) is 0 Å². The third-order valence-electron chi connectivity index (χ3n) is 4.67. The topological polar surface area (TPSA) is 37.4 Å². The van der Waals surface area contributed by atoms with E-state index in [9.17, 15) is 40.3 Å². The Balaban J connectivity index is 2.69. The second-order valence-electron chi connectivity index (χ2n) is 7.54. The van der Waals surface area contributed by atoms with E-state index < -0.39 is 58.1 Å². The van der Waals surface area contributed by atoms with Crippen LogP contribution in [0.15, 0.2) is 0 Å². The molecule has 1 atom stereocenters. The molecular formula is C18H18F7NO2. The Morgan fingerprint density at radius 2 is 1.57 bits per heavy atom. The Morgan fingerprint density at radius 1 is 1.07 bits per heavy atom. The summed E-state index contributed by atoms with van der Waals surface area (Å²) in [4.78, 5) is 24.7. The van der Waals surface area contributed by atoms with E-state index in [4.69, 9.17) is 0 Å². The second kappa shape index (κ2) is 7.36. The first-order valence-electron chi connectivity index (χ1n) is 8.48. The van der Waals surface area contributed by atoms with Crippen molar-refractivity contribution < 1.29 is 40.3 Å². The molecule has 1 heterocycles. The number of alkyl halides is 3. The summed E-state index contributed by atoms with van der Waals surface area (Å²) in [5, 5.41) is 0. The lowest BCUT2D eigenvalue weighted by Crippen LogP contribution is -2.51. The molecule has 0 aromatic heterocycles. The van der Waals surface area contributed by atoms with Crippen molar-refractivity contribution in [2.75, 3.05) is 4.90 Å². The van der Waals surface area contributed by atoms with Crippen LogP contribution in [-0.2, 0) is 15.8 Å². The number of Topliss-reactive ketones (excluding diaryl/α,β-unsaturated/α-hetero) is 1. The van der Waals surface area contributed by atoms with Gasteiger partial charge in [0.2, 0.25) is 5.91 Å². The number of benzene rings is 1. The van der Waals surface area contributed by atoms with Crippen molar-refractivity contribution >= 4 is 17.4 Å². The maximum atomic E-state index is 14.4. The highest BCUT2D eigenvalue weighted by Gasteiger charge is 2.47. The predicted octanol–water partition coefficient (Wildman–Crippen LogP) is 5.15. The molecule has 156 valence electrons. The zero-order valence-electron chi connectivity index (χ0n) is 15.3. The third-order valence-corrected chi connectivity index (χ3v) is 4.67. The number of hydrogen-bond acceptors (Lipinski definition) is 2. The third kappa shape index (κ3) is 4.00.